The number of hydrogen-bond donors (Lipinski definition) is 2. The monoisotopic (exact) mass is 456 g/mol. The number of carbonyl (C=O) groups is 2. The maximum absolute atomic E-state index is 12.9. The topological polar surface area (TPSA) is 93.1 Å². The zero-order chi connectivity index (χ0) is 22.9. The van der Waals surface area contributed by atoms with Gasteiger partial charge in [-0.25, -0.2) is 9.07 Å². The van der Waals surface area contributed by atoms with E-state index in [1.807, 2.05) is 0 Å². The predicted molar refractivity (Wildman–Crippen MR) is 123 cm³/mol. The first-order valence-electron chi connectivity index (χ1n) is 10.5. The van der Waals surface area contributed by atoms with Gasteiger partial charge in [-0.05, 0) is 36.8 Å². The number of thioether (sulfide) groups is 1. The number of nitrogens with zero attached hydrogens (tertiary/aromatic N) is 2. The van der Waals surface area contributed by atoms with Crippen molar-refractivity contribution < 1.29 is 14.0 Å². The molecule has 0 radical (unpaired) electrons. The molecule has 0 aliphatic heterocycles. The molecule has 1 heterocycles. The second-order valence-corrected chi connectivity index (χ2v) is 8.35. The van der Waals surface area contributed by atoms with E-state index in [-0.39, 0.29) is 29.4 Å². The van der Waals surface area contributed by atoms with Crippen molar-refractivity contribution in [2.75, 3.05) is 5.75 Å². The molecule has 32 heavy (non-hydrogen) atoms. The lowest BCUT2D eigenvalue weighted by molar-refractivity contribution is -0.121. The van der Waals surface area contributed by atoms with Crippen LogP contribution in [0, 0.1) is 5.82 Å². The Bertz CT molecular complexity index is 1150. The molecule has 0 unspecified atom stereocenters. The molecule has 2 aromatic carbocycles. The second kappa shape index (κ2) is 11.4. The van der Waals surface area contributed by atoms with Crippen molar-refractivity contribution in [1.29, 1.82) is 0 Å². The molecular weight excluding hydrogens is 431 g/mol. The van der Waals surface area contributed by atoms with E-state index in [0.29, 0.717) is 23.1 Å². The number of fused-ring (bicyclic) bond motifs is 1. The quantitative estimate of drug-likeness (QED) is 0.291. The predicted octanol–water partition coefficient (Wildman–Crippen LogP) is 3.67. The summed E-state index contributed by atoms with van der Waals surface area (Å²) in [6, 6.07) is 12.8. The summed E-state index contributed by atoms with van der Waals surface area (Å²) in [5, 5.41) is 5.11. The molecule has 0 fully saturated rings. The Labute approximate surface area is 189 Å². The third-order valence-corrected chi connectivity index (χ3v) is 5.80. The van der Waals surface area contributed by atoms with Crippen LogP contribution < -0.4 is 16.4 Å². The van der Waals surface area contributed by atoms with E-state index < -0.39 is 5.91 Å². The van der Waals surface area contributed by atoms with Gasteiger partial charge in [-0.1, -0.05) is 38.0 Å². The van der Waals surface area contributed by atoms with Gasteiger partial charge in [0.15, 0.2) is 5.69 Å². The summed E-state index contributed by atoms with van der Waals surface area (Å²) in [7, 11) is 0. The number of rotatable bonds is 9. The SMILES string of the molecule is CCCCCn1nc(C(=O)NNC(=O)CCSc2ccc(F)cc2)c2ccccc2c1=O. The van der Waals surface area contributed by atoms with Crippen molar-refractivity contribution in [3.63, 3.8) is 0 Å². The molecule has 0 atom stereocenters. The molecule has 168 valence electrons. The third-order valence-electron chi connectivity index (χ3n) is 4.78. The molecule has 3 rings (SSSR count). The number of aryl methyl sites for hydroxylation is 1. The number of halogens is 1. The van der Waals surface area contributed by atoms with Crippen LogP contribution in [0.4, 0.5) is 4.39 Å². The van der Waals surface area contributed by atoms with Crippen molar-refractivity contribution in [1.82, 2.24) is 20.6 Å². The molecule has 9 heteroatoms. The summed E-state index contributed by atoms with van der Waals surface area (Å²) in [5.74, 6) is -0.803. The zero-order valence-corrected chi connectivity index (χ0v) is 18.6. The fraction of sp³-hybridized carbons (Fsp3) is 0.304. The summed E-state index contributed by atoms with van der Waals surface area (Å²) in [4.78, 5) is 38.4. The molecular formula is C23H25FN4O3S. The first-order valence-corrected chi connectivity index (χ1v) is 11.5. The summed E-state index contributed by atoms with van der Waals surface area (Å²) < 4.78 is 14.3. The number of nitrogens with one attached hydrogen (secondary N) is 2. The molecule has 0 aliphatic carbocycles. The number of hydrogen-bond acceptors (Lipinski definition) is 5. The summed E-state index contributed by atoms with van der Waals surface area (Å²) in [6.07, 6.45) is 2.90. The number of benzene rings is 2. The highest BCUT2D eigenvalue weighted by Gasteiger charge is 2.17. The highest BCUT2D eigenvalue weighted by atomic mass is 32.2. The normalized spacial score (nSPS) is 10.8. The lowest BCUT2D eigenvalue weighted by Crippen LogP contribution is -2.43. The Balaban J connectivity index is 1.62. The minimum Gasteiger partial charge on any atom is -0.273 e. The number of unbranched alkanes of at least 4 members (excludes halogenated alkanes) is 2. The molecule has 7 nitrogen and oxygen atoms in total. The molecule has 1 aromatic heterocycles. The lowest BCUT2D eigenvalue weighted by atomic mass is 10.1. The van der Waals surface area contributed by atoms with Gasteiger partial charge in [0.05, 0.1) is 5.39 Å². The smallest absolute Gasteiger partial charge is 0.273 e. The van der Waals surface area contributed by atoms with E-state index >= 15 is 0 Å². The maximum atomic E-state index is 12.9. The van der Waals surface area contributed by atoms with Crippen molar-refractivity contribution in [2.45, 2.75) is 44.0 Å². The van der Waals surface area contributed by atoms with E-state index in [1.165, 1.54) is 28.6 Å². The average molecular weight is 457 g/mol. The Morgan fingerprint density at radius 1 is 1.03 bits per heavy atom. The van der Waals surface area contributed by atoms with Crippen LogP contribution >= 0.6 is 11.8 Å². The van der Waals surface area contributed by atoms with Gasteiger partial charge in [-0.2, -0.15) is 5.10 Å². The minimum absolute atomic E-state index is 0.0812. The van der Waals surface area contributed by atoms with Crippen LogP contribution in [0.5, 0.6) is 0 Å². The fourth-order valence-corrected chi connectivity index (χ4v) is 3.96. The van der Waals surface area contributed by atoms with Crippen LogP contribution in [0.3, 0.4) is 0 Å². The van der Waals surface area contributed by atoms with Crippen molar-refractivity contribution in [2.24, 2.45) is 0 Å². The fourth-order valence-electron chi connectivity index (χ4n) is 3.11. The maximum Gasteiger partial charge on any atom is 0.290 e. The molecule has 0 bridgehead atoms. The zero-order valence-electron chi connectivity index (χ0n) is 17.8. The average Bonchev–Trinajstić information content (AvgIpc) is 2.80. The summed E-state index contributed by atoms with van der Waals surface area (Å²) in [5.41, 5.74) is 4.61. The Kier molecular flexibility index (Phi) is 8.38. The third kappa shape index (κ3) is 6.16. The van der Waals surface area contributed by atoms with Gasteiger partial charge in [0.1, 0.15) is 5.82 Å². The number of hydrazine groups is 1. The summed E-state index contributed by atoms with van der Waals surface area (Å²) >= 11 is 1.41. The van der Waals surface area contributed by atoms with Crippen molar-refractivity contribution >= 4 is 34.3 Å². The van der Waals surface area contributed by atoms with Gasteiger partial charge in [-0.15, -0.1) is 11.8 Å². The van der Waals surface area contributed by atoms with Crippen molar-refractivity contribution in [3.05, 3.63) is 70.4 Å². The van der Waals surface area contributed by atoms with Gasteiger partial charge in [0.2, 0.25) is 5.91 Å². The van der Waals surface area contributed by atoms with E-state index in [4.69, 9.17) is 0 Å². The standard InChI is InChI=1S/C23H25FN4O3S/c1-2-3-6-14-28-23(31)19-8-5-4-7-18(19)21(27-28)22(30)26-25-20(29)13-15-32-17-11-9-16(24)10-12-17/h4-5,7-12H,2-3,6,13-15H2,1H3,(H,25,29)(H,26,30). The Hall–Kier alpha value is -3.20. The second-order valence-electron chi connectivity index (χ2n) is 7.18. The van der Waals surface area contributed by atoms with Crippen LogP contribution in [-0.2, 0) is 11.3 Å². The number of amides is 2. The molecule has 3 aromatic rings. The van der Waals surface area contributed by atoms with Gasteiger partial charge in [0, 0.05) is 29.0 Å². The molecule has 0 aliphatic rings. The van der Waals surface area contributed by atoms with E-state index in [1.54, 1.807) is 36.4 Å². The molecule has 0 saturated heterocycles. The van der Waals surface area contributed by atoms with E-state index in [9.17, 15) is 18.8 Å². The van der Waals surface area contributed by atoms with Gasteiger partial charge in [0.25, 0.3) is 11.5 Å². The van der Waals surface area contributed by atoms with Crippen LogP contribution in [0.2, 0.25) is 0 Å². The molecule has 0 spiro atoms. The highest BCUT2D eigenvalue weighted by Crippen LogP contribution is 2.18. The van der Waals surface area contributed by atoms with E-state index in [0.717, 1.165) is 24.2 Å². The van der Waals surface area contributed by atoms with E-state index in [2.05, 4.69) is 22.9 Å². The van der Waals surface area contributed by atoms with Crippen LogP contribution in [0.1, 0.15) is 43.1 Å². The minimum atomic E-state index is -0.593. The van der Waals surface area contributed by atoms with Gasteiger partial charge in [-0.3, -0.25) is 25.2 Å². The summed E-state index contributed by atoms with van der Waals surface area (Å²) in [6.45, 7) is 2.49. The van der Waals surface area contributed by atoms with Gasteiger partial charge >= 0.3 is 0 Å². The molecule has 2 amide bonds. The molecule has 2 N–H and O–H groups in total. The van der Waals surface area contributed by atoms with Gasteiger partial charge < -0.3 is 0 Å². The number of aromatic nitrogens is 2. The van der Waals surface area contributed by atoms with Crippen LogP contribution in [-0.4, -0.2) is 27.3 Å². The lowest BCUT2D eigenvalue weighted by Gasteiger charge is -2.12. The number of carbonyl (C=O) groups excluding carboxylic acids is 2. The Morgan fingerprint density at radius 3 is 2.47 bits per heavy atom. The first-order chi connectivity index (χ1) is 15.5. The van der Waals surface area contributed by atoms with Crippen molar-refractivity contribution in [3.8, 4) is 0 Å². The van der Waals surface area contributed by atoms with Crippen LogP contribution in [0.15, 0.2) is 58.2 Å². The Morgan fingerprint density at radius 2 is 1.75 bits per heavy atom. The van der Waals surface area contributed by atoms with Crippen LogP contribution in [0.25, 0.3) is 10.8 Å². The largest absolute Gasteiger partial charge is 0.290 e. The first kappa shape index (κ1) is 23.5. The molecule has 0 saturated carbocycles. The highest BCUT2D eigenvalue weighted by molar-refractivity contribution is 7.99.